The first-order chi connectivity index (χ1) is 15.7. The second kappa shape index (κ2) is 11.3. The number of halogens is 3. The minimum absolute atomic E-state index is 0.0544. The van der Waals surface area contributed by atoms with Crippen LogP contribution in [0.15, 0.2) is 44.7 Å². The van der Waals surface area contributed by atoms with Crippen molar-refractivity contribution in [2.75, 3.05) is 7.11 Å². The fraction of sp³-hybridized carbons (Fsp3) is 0.304. The molecule has 0 N–H and O–H groups in total. The van der Waals surface area contributed by atoms with Crippen LogP contribution in [0.3, 0.4) is 0 Å². The van der Waals surface area contributed by atoms with Crippen LogP contribution in [0.5, 0.6) is 5.75 Å². The molecule has 0 bridgehead atoms. The zero-order valence-corrected chi connectivity index (χ0v) is 24.3. The Kier molecular flexibility index (Phi) is 8.89. The summed E-state index contributed by atoms with van der Waals surface area (Å²) in [6.45, 7) is 5.72. The molecule has 1 aromatic heterocycles. The Morgan fingerprint density at radius 3 is 2.52 bits per heavy atom. The van der Waals surface area contributed by atoms with E-state index in [1.807, 2.05) is 31.2 Å². The summed E-state index contributed by atoms with van der Waals surface area (Å²) in [5.41, 5.74) is 1.22. The second-order valence-corrected chi connectivity index (χ2v) is 10.6. The minimum atomic E-state index is -0.726. The third-order valence-corrected chi connectivity index (χ3v) is 7.15. The summed E-state index contributed by atoms with van der Waals surface area (Å²) in [6, 6.07) is 9.23. The lowest BCUT2D eigenvalue weighted by molar-refractivity contribution is -0.147. The van der Waals surface area contributed by atoms with Crippen LogP contribution < -0.4 is 10.3 Å². The molecular weight excluding hydrogens is 716 g/mol. The van der Waals surface area contributed by atoms with Gasteiger partial charge in [0.25, 0.3) is 5.56 Å². The van der Waals surface area contributed by atoms with Crippen LogP contribution in [0.1, 0.15) is 44.5 Å². The van der Waals surface area contributed by atoms with E-state index >= 15 is 0 Å². The molecule has 33 heavy (non-hydrogen) atoms. The molecule has 1 heterocycles. The fourth-order valence-electron chi connectivity index (χ4n) is 3.06. The third-order valence-electron chi connectivity index (χ3n) is 5.06. The predicted molar refractivity (Wildman–Crippen MR) is 149 cm³/mol. The Bertz CT molecular complexity index is 1270. The van der Waals surface area contributed by atoms with Gasteiger partial charge in [-0.1, -0.05) is 29.8 Å². The van der Waals surface area contributed by atoms with Crippen LogP contribution in [0.4, 0.5) is 0 Å². The summed E-state index contributed by atoms with van der Waals surface area (Å²) >= 11 is 7.72. The molecule has 10 heteroatoms. The van der Waals surface area contributed by atoms with Gasteiger partial charge in [-0.05, 0) is 94.4 Å². The molecule has 0 saturated carbocycles. The van der Waals surface area contributed by atoms with E-state index in [1.165, 1.54) is 11.8 Å². The summed E-state index contributed by atoms with van der Waals surface area (Å²) in [7, 11) is 1.33. The number of fused-ring (bicyclic) bond motifs is 1. The summed E-state index contributed by atoms with van der Waals surface area (Å²) in [5, 5.41) is 5.02. The smallest absolute Gasteiger partial charge is 0.346 e. The highest BCUT2D eigenvalue weighted by Gasteiger charge is 2.19. The van der Waals surface area contributed by atoms with E-state index in [0.717, 1.165) is 23.6 Å². The van der Waals surface area contributed by atoms with Crippen LogP contribution >= 0.6 is 61.1 Å². The van der Waals surface area contributed by atoms with Crippen molar-refractivity contribution >= 4 is 84.2 Å². The molecule has 0 aliphatic rings. The molecule has 0 amide bonds. The molecule has 2 aromatic carbocycles. The van der Waals surface area contributed by atoms with E-state index in [-0.39, 0.29) is 11.5 Å². The quantitative estimate of drug-likeness (QED) is 0.177. The number of methoxy groups -OCH3 is 1. The molecule has 0 spiro atoms. The number of carbonyl (C=O) groups excluding carboxylic acids is 1. The van der Waals surface area contributed by atoms with Gasteiger partial charge in [0.1, 0.15) is 11.6 Å². The number of esters is 1. The van der Waals surface area contributed by atoms with E-state index in [0.29, 0.717) is 22.5 Å². The molecule has 0 unspecified atom stereocenters. The molecule has 0 aliphatic carbocycles. The van der Waals surface area contributed by atoms with E-state index < -0.39 is 12.1 Å². The van der Waals surface area contributed by atoms with Gasteiger partial charge < -0.3 is 9.47 Å². The largest absolute Gasteiger partial charge is 0.477 e. The van der Waals surface area contributed by atoms with Crippen LogP contribution in [-0.4, -0.2) is 35.1 Å². The number of carbonyl (C=O) groups is 1. The van der Waals surface area contributed by atoms with E-state index in [9.17, 15) is 9.59 Å². The lowest BCUT2D eigenvalue weighted by Gasteiger charge is -2.16. The average Bonchev–Trinajstić information content (AvgIpc) is 2.79. The molecule has 174 valence electrons. The van der Waals surface area contributed by atoms with Crippen LogP contribution in [0.2, 0.25) is 0 Å². The van der Waals surface area contributed by atoms with Crippen LogP contribution in [0, 0.1) is 7.14 Å². The Hall–Kier alpha value is -1.54. The van der Waals surface area contributed by atoms with Crippen molar-refractivity contribution in [3.8, 4) is 5.75 Å². The number of rotatable bonds is 7. The maximum Gasteiger partial charge on any atom is 0.346 e. The van der Waals surface area contributed by atoms with E-state index in [4.69, 9.17) is 14.5 Å². The molecule has 0 radical (unpaired) electrons. The summed E-state index contributed by atoms with van der Waals surface area (Å²) in [5.74, 6) is 0.823. The SMILES string of the molecule is CC[C@@H](C)c1nc2ccc(Br)cc2c(=O)n1N=Cc1cc(I)c(O[C@H](C)C(=O)OC)c(I)c1. The maximum atomic E-state index is 13.3. The first kappa shape index (κ1) is 26.1. The Morgan fingerprint density at radius 2 is 1.91 bits per heavy atom. The second-order valence-electron chi connectivity index (χ2n) is 7.40. The highest BCUT2D eigenvalue weighted by Crippen LogP contribution is 2.30. The van der Waals surface area contributed by atoms with Crippen molar-refractivity contribution in [2.45, 2.75) is 39.2 Å². The molecule has 0 fully saturated rings. The molecule has 2 atom stereocenters. The van der Waals surface area contributed by atoms with Crippen molar-refractivity contribution in [1.29, 1.82) is 0 Å². The van der Waals surface area contributed by atoms with Gasteiger partial charge in [-0.2, -0.15) is 9.78 Å². The van der Waals surface area contributed by atoms with Crippen molar-refractivity contribution in [1.82, 2.24) is 9.66 Å². The topological polar surface area (TPSA) is 82.8 Å². The number of aromatic nitrogens is 2. The Balaban J connectivity index is 2.04. The van der Waals surface area contributed by atoms with Gasteiger partial charge in [0, 0.05) is 10.4 Å². The fourth-order valence-corrected chi connectivity index (χ4v) is 5.49. The average molecular weight is 738 g/mol. The van der Waals surface area contributed by atoms with Crippen LogP contribution in [0.25, 0.3) is 10.9 Å². The highest BCUT2D eigenvalue weighted by atomic mass is 127. The summed E-state index contributed by atoms with van der Waals surface area (Å²) < 4.78 is 14.3. The molecule has 0 saturated heterocycles. The number of hydrogen-bond donors (Lipinski definition) is 0. The van der Waals surface area contributed by atoms with Crippen LogP contribution in [-0.2, 0) is 9.53 Å². The van der Waals surface area contributed by atoms with Gasteiger partial charge in [-0.15, -0.1) is 0 Å². The number of hydrogen-bond acceptors (Lipinski definition) is 6. The minimum Gasteiger partial charge on any atom is -0.477 e. The molecular formula is C23H22BrI2N3O4. The van der Waals surface area contributed by atoms with Gasteiger partial charge in [-0.3, -0.25) is 4.79 Å². The molecule has 3 aromatic rings. The predicted octanol–water partition coefficient (Wildman–Crippen LogP) is 5.70. The number of nitrogens with zero attached hydrogens (tertiary/aromatic N) is 3. The number of ether oxygens (including phenoxy) is 2. The standard InChI is InChI=1S/C23H22BrI2N3O4/c1-5-12(2)21-28-19-7-6-15(24)10-16(19)22(30)29(21)27-11-14-8-17(25)20(18(26)9-14)33-13(3)23(31)32-4/h6-13H,5H2,1-4H3/t12-,13-/m1/s1. The first-order valence-corrected chi connectivity index (χ1v) is 13.1. The molecule has 0 aliphatic heterocycles. The first-order valence-electron chi connectivity index (χ1n) is 10.2. The van der Waals surface area contributed by atoms with Gasteiger partial charge in [0.05, 0.1) is 31.4 Å². The van der Waals surface area contributed by atoms with Gasteiger partial charge in [-0.25, -0.2) is 9.78 Å². The summed E-state index contributed by atoms with van der Waals surface area (Å²) in [6.07, 6.45) is 1.73. The Morgan fingerprint density at radius 1 is 1.24 bits per heavy atom. The summed E-state index contributed by atoms with van der Waals surface area (Å²) in [4.78, 5) is 29.7. The van der Waals surface area contributed by atoms with Gasteiger partial charge >= 0.3 is 5.97 Å². The van der Waals surface area contributed by atoms with Crippen molar-refractivity contribution in [3.63, 3.8) is 0 Å². The monoisotopic (exact) mass is 737 g/mol. The highest BCUT2D eigenvalue weighted by molar-refractivity contribution is 14.1. The molecule has 3 rings (SSSR count). The lowest BCUT2D eigenvalue weighted by Crippen LogP contribution is -2.25. The molecule has 7 nitrogen and oxygen atoms in total. The maximum absolute atomic E-state index is 13.3. The normalized spacial score (nSPS) is 13.3. The Labute approximate surface area is 227 Å². The van der Waals surface area contributed by atoms with Crippen molar-refractivity contribution in [3.05, 3.63) is 63.7 Å². The van der Waals surface area contributed by atoms with E-state index in [1.54, 1.807) is 19.2 Å². The van der Waals surface area contributed by atoms with Gasteiger partial charge in [0.15, 0.2) is 6.10 Å². The third kappa shape index (κ3) is 5.94. The zero-order chi connectivity index (χ0) is 24.3. The van der Waals surface area contributed by atoms with Crippen molar-refractivity contribution < 1.29 is 14.3 Å². The van der Waals surface area contributed by atoms with E-state index in [2.05, 4.69) is 73.1 Å². The van der Waals surface area contributed by atoms with Crippen molar-refractivity contribution in [2.24, 2.45) is 5.10 Å². The zero-order valence-electron chi connectivity index (χ0n) is 18.4. The van der Waals surface area contributed by atoms with Gasteiger partial charge in [0.2, 0.25) is 0 Å². The lowest BCUT2D eigenvalue weighted by atomic mass is 10.1. The number of benzene rings is 2.